The molecule has 1 aromatic heterocycles. The first-order chi connectivity index (χ1) is 19.4. The maximum absolute atomic E-state index is 13.7. The van der Waals surface area contributed by atoms with Crippen molar-refractivity contribution in [2.75, 3.05) is 13.2 Å². The number of ether oxygens (including phenoxy) is 4. The van der Waals surface area contributed by atoms with Crippen LogP contribution in [0.2, 0.25) is 0 Å². The van der Waals surface area contributed by atoms with Crippen molar-refractivity contribution in [3.63, 3.8) is 0 Å². The van der Waals surface area contributed by atoms with Crippen molar-refractivity contribution in [2.45, 2.75) is 58.2 Å². The number of fused-ring (bicyclic) bond motifs is 2. The van der Waals surface area contributed by atoms with Crippen molar-refractivity contribution in [1.29, 1.82) is 0 Å². The number of nitrogens with one attached hydrogen (secondary N) is 1. The second kappa shape index (κ2) is 10.9. The van der Waals surface area contributed by atoms with Crippen LogP contribution in [0.1, 0.15) is 45.7 Å². The number of amides is 1. The summed E-state index contributed by atoms with van der Waals surface area (Å²) in [7, 11) is 0. The topological polar surface area (TPSA) is 96.2 Å². The first-order valence-corrected chi connectivity index (χ1v) is 13.4. The lowest BCUT2D eigenvalue weighted by atomic mass is 10.00. The molecule has 1 aliphatic heterocycles. The van der Waals surface area contributed by atoms with Gasteiger partial charge in [0.15, 0.2) is 11.3 Å². The van der Waals surface area contributed by atoms with Crippen molar-refractivity contribution in [2.24, 2.45) is 0 Å². The molecule has 0 bridgehead atoms. The minimum absolute atomic E-state index is 0.0920. The van der Waals surface area contributed by atoms with Crippen molar-refractivity contribution in [3.05, 3.63) is 88.1 Å². The van der Waals surface area contributed by atoms with Crippen molar-refractivity contribution >= 4 is 28.0 Å². The van der Waals surface area contributed by atoms with Crippen LogP contribution in [0.5, 0.6) is 5.75 Å². The highest BCUT2D eigenvalue weighted by atomic mass is 16.7. The Morgan fingerprint density at radius 2 is 1.71 bits per heavy atom. The third-order valence-corrected chi connectivity index (χ3v) is 6.42. The summed E-state index contributed by atoms with van der Waals surface area (Å²) >= 11 is 0. The summed E-state index contributed by atoms with van der Waals surface area (Å²) in [5, 5.41) is 3.55. The third kappa shape index (κ3) is 6.71. The molecule has 2 heterocycles. The Kier molecular flexibility index (Phi) is 7.52. The molecular formula is C33H33NO7. The van der Waals surface area contributed by atoms with Crippen LogP contribution in [0.15, 0.2) is 75.9 Å². The molecule has 4 aromatic rings. The van der Waals surface area contributed by atoms with Crippen molar-refractivity contribution in [1.82, 2.24) is 5.32 Å². The first-order valence-electron chi connectivity index (χ1n) is 13.4. The molecule has 1 amide bonds. The minimum Gasteiger partial charge on any atom is -0.488 e. The first kappa shape index (κ1) is 28.2. The Morgan fingerprint density at radius 3 is 2.41 bits per heavy atom. The molecule has 1 aliphatic rings. The Balaban J connectivity index is 1.49. The van der Waals surface area contributed by atoms with Gasteiger partial charge >= 0.3 is 6.09 Å². The Bertz CT molecular complexity index is 1690. The van der Waals surface area contributed by atoms with E-state index in [9.17, 15) is 9.59 Å². The molecule has 0 saturated carbocycles. The molecule has 1 saturated heterocycles. The van der Waals surface area contributed by atoms with E-state index in [-0.39, 0.29) is 18.6 Å². The van der Waals surface area contributed by atoms with E-state index in [1.54, 1.807) is 71.0 Å². The van der Waals surface area contributed by atoms with Crippen LogP contribution in [0.4, 0.5) is 4.79 Å². The van der Waals surface area contributed by atoms with Gasteiger partial charge in [-0.2, -0.15) is 0 Å². The van der Waals surface area contributed by atoms with Gasteiger partial charge in [0.05, 0.1) is 18.6 Å². The monoisotopic (exact) mass is 555 g/mol. The summed E-state index contributed by atoms with van der Waals surface area (Å²) in [6, 6.07) is 20.2. The molecule has 1 N–H and O–H groups in total. The number of hydrogen-bond acceptors (Lipinski definition) is 7. The molecule has 8 heteroatoms. The average molecular weight is 556 g/mol. The van der Waals surface area contributed by atoms with E-state index in [4.69, 9.17) is 23.4 Å². The zero-order valence-corrected chi connectivity index (χ0v) is 23.8. The molecule has 41 heavy (non-hydrogen) atoms. The van der Waals surface area contributed by atoms with E-state index in [1.165, 1.54) is 0 Å². The van der Waals surface area contributed by atoms with Crippen LogP contribution in [0.25, 0.3) is 21.9 Å². The zero-order valence-electron chi connectivity index (χ0n) is 23.8. The molecule has 0 aliphatic carbocycles. The van der Waals surface area contributed by atoms with Crippen LogP contribution in [-0.4, -0.2) is 36.2 Å². The lowest BCUT2D eigenvalue weighted by molar-refractivity contribution is -0.262. The highest BCUT2D eigenvalue weighted by Gasteiger charge is 2.41. The normalized spacial score (nSPS) is 16.0. The molecular weight excluding hydrogens is 522 g/mol. The number of alkyl carbamates (subject to hydrolysis) is 1. The van der Waals surface area contributed by atoms with E-state index >= 15 is 0 Å². The average Bonchev–Trinajstić information content (AvgIpc) is 2.92. The maximum atomic E-state index is 13.7. The summed E-state index contributed by atoms with van der Waals surface area (Å²) in [4.78, 5) is 26.3. The van der Waals surface area contributed by atoms with Crippen LogP contribution in [0.3, 0.4) is 0 Å². The van der Waals surface area contributed by atoms with Gasteiger partial charge in [-0.3, -0.25) is 4.79 Å². The smallest absolute Gasteiger partial charge is 0.409 e. The van der Waals surface area contributed by atoms with Crippen LogP contribution in [0, 0.1) is 11.8 Å². The van der Waals surface area contributed by atoms with Crippen molar-refractivity contribution < 1.29 is 28.2 Å². The predicted octanol–water partition coefficient (Wildman–Crippen LogP) is 5.92. The molecule has 8 nitrogen and oxygen atoms in total. The molecule has 0 radical (unpaired) electrons. The summed E-state index contributed by atoms with van der Waals surface area (Å²) in [5.74, 6) is 5.82. The fourth-order valence-electron chi connectivity index (χ4n) is 4.35. The predicted molar refractivity (Wildman–Crippen MR) is 156 cm³/mol. The lowest BCUT2D eigenvalue weighted by Crippen LogP contribution is -2.60. The van der Waals surface area contributed by atoms with Gasteiger partial charge in [0.1, 0.15) is 34.5 Å². The molecule has 212 valence electrons. The quantitative estimate of drug-likeness (QED) is 0.247. The maximum Gasteiger partial charge on any atom is 0.409 e. The van der Waals surface area contributed by atoms with Gasteiger partial charge in [0, 0.05) is 5.56 Å². The Morgan fingerprint density at radius 1 is 0.976 bits per heavy atom. The summed E-state index contributed by atoms with van der Waals surface area (Å²) in [6.07, 6.45) is -0.632. The van der Waals surface area contributed by atoms with Crippen molar-refractivity contribution in [3.8, 4) is 17.6 Å². The fourth-order valence-corrected chi connectivity index (χ4v) is 4.35. The number of carbonyl (C=O) groups is 1. The van der Waals surface area contributed by atoms with Crippen LogP contribution >= 0.6 is 0 Å². The Hall–Kier alpha value is -4.32. The second-order valence-electron chi connectivity index (χ2n) is 11.5. The van der Waals surface area contributed by atoms with E-state index < -0.39 is 23.0 Å². The second-order valence-corrected chi connectivity index (χ2v) is 11.5. The molecule has 0 atom stereocenters. The highest BCUT2D eigenvalue weighted by molar-refractivity contribution is 5.93. The SMILES string of the molecule is CC(C)(C)OC(=O)NC1(C#Cc2ccc3oc4cccc(OCc5ccccc5)c4c(=O)c3c2)COC(C)(C)OC1. The van der Waals surface area contributed by atoms with Gasteiger partial charge in [-0.1, -0.05) is 48.2 Å². The summed E-state index contributed by atoms with van der Waals surface area (Å²) < 4.78 is 29.2. The van der Waals surface area contributed by atoms with E-state index in [2.05, 4.69) is 17.2 Å². The van der Waals surface area contributed by atoms with Gasteiger partial charge in [0.2, 0.25) is 5.43 Å². The van der Waals surface area contributed by atoms with E-state index in [1.807, 2.05) is 30.3 Å². The number of carbonyl (C=O) groups excluding carboxylic acids is 1. The van der Waals surface area contributed by atoms with E-state index in [0.29, 0.717) is 39.9 Å². The minimum atomic E-state index is -1.15. The van der Waals surface area contributed by atoms with Crippen LogP contribution < -0.4 is 15.5 Å². The molecule has 0 unspecified atom stereocenters. The standard InChI is InChI=1S/C33H33NO7/c1-31(2,3)41-30(36)34-33(20-38-32(4,5)39-21-33)17-16-22-14-15-25-24(18-22)29(35)28-26(12-9-13-27(28)40-25)37-19-23-10-7-6-8-11-23/h6-15,18H,19-21H2,1-5H3,(H,34,36). The molecule has 3 aromatic carbocycles. The van der Waals surface area contributed by atoms with Crippen LogP contribution in [-0.2, 0) is 20.8 Å². The van der Waals surface area contributed by atoms with Gasteiger partial charge in [0.25, 0.3) is 0 Å². The lowest BCUT2D eigenvalue weighted by Gasteiger charge is -2.41. The molecule has 5 rings (SSSR count). The summed E-state index contributed by atoms with van der Waals surface area (Å²) in [6.45, 7) is 9.43. The van der Waals surface area contributed by atoms with Gasteiger partial charge in [-0.15, -0.1) is 0 Å². The van der Waals surface area contributed by atoms with Gasteiger partial charge < -0.3 is 28.7 Å². The fraction of sp³-hybridized carbons (Fsp3) is 0.333. The Labute approximate surface area is 238 Å². The van der Waals surface area contributed by atoms with E-state index in [0.717, 1.165) is 5.56 Å². The summed E-state index contributed by atoms with van der Waals surface area (Å²) in [5.41, 5.74) is 0.350. The zero-order chi connectivity index (χ0) is 29.3. The highest BCUT2D eigenvalue weighted by Crippen LogP contribution is 2.28. The number of rotatable bonds is 4. The number of hydrogen-bond donors (Lipinski definition) is 1. The largest absolute Gasteiger partial charge is 0.488 e. The molecule has 0 spiro atoms. The van der Waals surface area contributed by atoms with Gasteiger partial charge in [-0.05, 0) is 70.5 Å². The third-order valence-electron chi connectivity index (χ3n) is 6.42. The van der Waals surface area contributed by atoms with Gasteiger partial charge in [-0.25, -0.2) is 4.79 Å². The number of benzene rings is 3. The molecule has 1 fully saturated rings.